The lowest BCUT2D eigenvalue weighted by Crippen LogP contribution is -2.34. The summed E-state index contributed by atoms with van der Waals surface area (Å²) < 4.78 is 5.12. The van der Waals surface area contributed by atoms with Crippen LogP contribution in [0.2, 0.25) is 0 Å². The zero-order chi connectivity index (χ0) is 24.4. The topological polar surface area (TPSA) is 114 Å². The molecule has 0 aliphatic carbocycles. The van der Waals surface area contributed by atoms with Crippen LogP contribution < -0.4 is 16.0 Å². The molecule has 33 heavy (non-hydrogen) atoms. The number of ether oxygens (including phenoxy) is 1. The highest BCUT2D eigenvalue weighted by Gasteiger charge is 2.16. The van der Waals surface area contributed by atoms with Crippen LogP contribution in [-0.2, 0) is 14.3 Å². The molecule has 0 radical (unpaired) electrons. The standard InChI is InChI=1S/C25H31N3O5/c1-17-9-11-18(12-10-17)21(29)13-14-22(30)27-19-7-5-6-8-20(19)28-23(31)15-16-26-24(32)33-25(2,3)4/h5-12H,13-16H2,1-4H3,(H,26,32)(H,27,30)(H,28,31). The summed E-state index contributed by atoms with van der Waals surface area (Å²) in [5, 5.41) is 7.98. The normalized spacial score (nSPS) is 10.8. The predicted molar refractivity (Wildman–Crippen MR) is 127 cm³/mol. The number of para-hydroxylation sites is 2. The van der Waals surface area contributed by atoms with Gasteiger partial charge in [0.05, 0.1) is 11.4 Å². The summed E-state index contributed by atoms with van der Waals surface area (Å²) in [7, 11) is 0. The van der Waals surface area contributed by atoms with Gasteiger partial charge >= 0.3 is 6.09 Å². The molecule has 3 amide bonds. The van der Waals surface area contributed by atoms with E-state index in [9.17, 15) is 19.2 Å². The van der Waals surface area contributed by atoms with Gasteiger partial charge in [0.1, 0.15) is 5.60 Å². The number of amides is 3. The highest BCUT2D eigenvalue weighted by Crippen LogP contribution is 2.21. The van der Waals surface area contributed by atoms with Gasteiger partial charge in [0.2, 0.25) is 11.8 Å². The Labute approximate surface area is 194 Å². The van der Waals surface area contributed by atoms with Crippen molar-refractivity contribution >= 4 is 35.1 Å². The van der Waals surface area contributed by atoms with Crippen molar-refractivity contribution in [3.05, 3.63) is 59.7 Å². The fourth-order valence-corrected chi connectivity index (χ4v) is 2.83. The van der Waals surface area contributed by atoms with Gasteiger partial charge in [0.15, 0.2) is 5.78 Å². The van der Waals surface area contributed by atoms with E-state index in [0.29, 0.717) is 16.9 Å². The second-order valence-corrected chi connectivity index (χ2v) is 8.61. The van der Waals surface area contributed by atoms with E-state index in [4.69, 9.17) is 4.74 Å². The molecule has 0 saturated carbocycles. The zero-order valence-electron chi connectivity index (χ0n) is 19.5. The third-order valence-corrected chi connectivity index (χ3v) is 4.45. The van der Waals surface area contributed by atoms with E-state index in [0.717, 1.165) is 5.56 Å². The molecule has 2 rings (SSSR count). The Morgan fingerprint density at radius 2 is 1.33 bits per heavy atom. The summed E-state index contributed by atoms with van der Waals surface area (Å²) in [6.45, 7) is 7.31. The molecular weight excluding hydrogens is 422 g/mol. The number of nitrogens with one attached hydrogen (secondary N) is 3. The number of anilines is 2. The van der Waals surface area contributed by atoms with Gasteiger partial charge in [0, 0.05) is 31.4 Å². The van der Waals surface area contributed by atoms with Crippen LogP contribution in [0.5, 0.6) is 0 Å². The third-order valence-electron chi connectivity index (χ3n) is 4.45. The van der Waals surface area contributed by atoms with Crippen molar-refractivity contribution < 1.29 is 23.9 Å². The first-order chi connectivity index (χ1) is 15.5. The molecule has 0 aliphatic heterocycles. The van der Waals surface area contributed by atoms with Crippen molar-refractivity contribution in [3.63, 3.8) is 0 Å². The van der Waals surface area contributed by atoms with Crippen molar-refractivity contribution in [1.82, 2.24) is 5.32 Å². The number of hydrogen-bond acceptors (Lipinski definition) is 5. The molecule has 0 saturated heterocycles. The number of carbonyl (C=O) groups excluding carboxylic acids is 4. The van der Waals surface area contributed by atoms with Gasteiger partial charge in [-0.2, -0.15) is 0 Å². The van der Waals surface area contributed by atoms with Gasteiger partial charge in [-0.3, -0.25) is 14.4 Å². The highest BCUT2D eigenvalue weighted by atomic mass is 16.6. The molecule has 0 bridgehead atoms. The van der Waals surface area contributed by atoms with Crippen LogP contribution in [0.15, 0.2) is 48.5 Å². The molecule has 0 atom stereocenters. The molecule has 0 aromatic heterocycles. The molecule has 2 aromatic carbocycles. The summed E-state index contributed by atoms with van der Waals surface area (Å²) in [5.41, 5.74) is 1.87. The molecule has 3 N–H and O–H groups in total. The molecule has 0 heterocycles. The van der Waals surface area contributed by atoms with E-state index in [1.807, 2.05) is 19.1 Å². The van der Waals surface area contributed by atoms with Crippen LogP contribution >= 0.6 is 0 Å². The largest absolute Gasteiger partial charge is 0.444 e. The Bertz CT molecular complexity index is 994. The quantitative estimate of drug-likeness (QED) is 0.486. The molecule has 8 nitrogen and oxygen atoms in total. The fraction of sp³-hybridized carbons (Fsp3) is 0.360. The van der Waals surface area contributed by atoms with E-state index >= 15 is 0 Å². The maximum atomic E-state index is 12.4. The van der Waals surface area contributed by atoms with E-state index < -0.39 is 11.7 Å². The smallest absolute Gasteiger partial charge is 0.407 e. The molecule has 0 aliphatic rings. The average Bonchev–Trinajstić information content (AvgIpc) is 2.72. The summed E-state index contributed by atoms with van der Waals surface area (Å²) in [6, 6.07) is 14.0. The fourth-order valence-electron chi connectivity index (χ4n) is 2.83. The second-order valence-electron chi connectivity index (χ2n) is 8.61. The summed E-state index contributed by atoms with van der Waals surface area (Å²) in [6.07, 6.45) is -0.454. The number of rotatable bonds is 9. The summed E-state index contributed by atoms with van der Waals surface area (Å²) >= 11 is 0. The zero-order valence-corrected chi connectivity index (χ0v) is 19.5. The van der Waals surface area contributed by atoms with Gasteiger partial charge in [-0.25, -0.2) is 4.79 Å². The lowest BCUT2D eigenvalue weighted by molar-refractivity contribution is -0.117. The van der Waals surface area contributed by atoms with Crippen molar-refractivity contribution in [2.45, 2.75) is 52.6 Å². The lowest BCUT2D eigenvalue weighted by Gasteiger charge is -2.19. The molecule has 0 unspecified atom stereocenters. The average molecular weight is 454 g/mol. The Morgan fingerprint density at radius 3 is 1.88 bits per heavy atom. The Morgan fingerprint density at radius 1 is 0.788 bits per heavy atom. The van der Waals surface area contributed by atoms with Crippen molar-refractivity contribution in [2.24, 2.45) is 0 Å². The first kappa shape index (κ1) is 25.6. The summed E-state index contributed by atoms with van der Waals surface area (Å²) in [5.74, 6) is -0.768. The van der Waals surface area contributed by atoms with Crippen LogP contribution in [0.4, 0.5) is 16.2 Å². The minimum atomic E-state index is -0.617. The maximum absolute atomic E-state index is 12.4. The van der Waals surface area contributed by atoms with Crippen molar-refractivity contribution in [1.29, 1.82) is 0 Å². The number of alkyl carbamates (subject to hydrolysis) is 1. The van der Waals surface area contributed by atoms with Crippen molar-refractivity contribution in [3.8, 4) is 0 Å². The monoisotopic (exact) mass is 453 g/mol. The molecule has 0 spiro atoms. The minimum absolute atomic E-state index is 0.0226. The van der Waals surface area contributed by atoms with E-state index in [1.165, 1.54) is 0 Å². The number of aryl methyl sites for hydroxylation is 1. The Kier molecular flexibility index (Phi) is 9.15. The van der Waals surface area contributed by atoms with Crippen molar-refractivity contribution in [2.75, 3.05) is 17.2 Å². The maximum Gasteiger partial charge on any atom is 0.407 e. The first-order valence-electron chi connectivity index (χ1n) is 10.8. The van der Waals surface area contributed by atoms with Gasteiger partial charge in [-0.05, 0) is 39.8 Å². The van der Waals surface area contributed by atoms with E-state index in [1.54, 1.807) is 57.2 Å². The SMILES string of the molecule is Cc1ccc(C(=O)CCC(=O)Nc2ccccc2NC(=O)CCNC(=O)OC(C)(C)C)cc1. The van der Waals surface area contributed by atoms with Crippen LogP contribution in [0.25, 0.3) is 0 Å². The predicted octanol–water partition coefficient (Wildman–Crippen LogP) is 4.45. The Balaban J connectivity index is 1.83. The number of benzene rings is 2. The van der Waals surface area contributed by atoms with Gasteiger partial charge in [0.25, 0.3) is 0 Å². The highest BCUT2D eigenvalue weighted by molar-refractivity contribution is 6.02. The van der Waals surface area contributed by atoms with Crippen LogP contribution in [0.3, 0.4) is 0 Å². The molecule has 8 heteroatoms. The Hall–Kier alpha value is -3.68. The van der Waals surface area contributed by atoms with Crippen LogP contribution in [0, 0.1) is 6.92 Å². The van der Waals surface area contributed by atoms with Gasteiger partial charge in [-0.15, -0.1) is 0 Å². The first-order valence-corrected chi connectivity index (χ1v) is 10.8. The molecule has 2 aromatic rings. The third kappa shape index (κ3) is 9.55. The summed E-state index contributed by atoms with van der Waals surface area (Å²) in [4.78, 5) is 48.5. The molecule has 0 fully saturated rings. The minimum Gasteiger partial charge on any atom is -0.444 e. The van der Waals surface area contributed by atoms with Gasteiger partial charge in [-0.1, -0.05) is 42.0 Å². The molecule has 176 valence electrons. The lowest BCUT2D eigenvalue weighted by atomic mass is 10.0. The molecular formula is C25H31N3O5. The number of Topliss-reactive ketones (excluding diaryl/α,β-unsaturated/α-hetero) is 1. The van der Waals surface area contributed by atoms with Crippen LogP contribution in [0.1, 0.15) is 56.0 Å². The number of carbonyl (C=O) groups is 4. The van der Waals surface area contributed by atoms with Crippen LogP contribution in [-0.4, -0.2) is 35.8 Å². The number of hydrogen-bond donors (Lipinski definition) is 3. The van der Waals surface area contributed by atoms with Gasteiger partial charge < -0.3 is 20.7 Å². The second kappa shape index (κ2) is 11.8. The van der Waals surface area contributed by atoms with E-state index in [2.05, 4.69) is 16.0 Å². The number of ketones is 1. The van der Waals surface area contributed by atoms with E-state index in [-0.39, 0.29) is 43.4 Å².